The number of halogens is 3. The van der Waals surface area contributed by atoms with Gasteiger partial charge >= 0.3 is 0 Å². The largest absolute Gasteiger partial charge is 0.382 e. The fourth-order valence-electron chi connectivity index (χ4n) is 5.82. The van der Waals surface area contributed by atoms with E-state index in [1.807, 2.05) is 58.0 Å². The molecular formula is C44H50Cl3N9O5S6. The van der Waals surface area contributed by atoms with Gasteiger partial charge < -0.3 is 11.1 Å². The number of anilines is 2. The minimum atomic E-state index is -3.48. The van der Waals surface area contributed by atoms with Crippen LogP contribution in [0.2, 0.25) is 15.1 Å². The van der Waals surface area contributed by atoms with E-state index in [4.69, 9.17) is 40.5 Å². The van der Waals surface area contributed by atoms with E-state index >= 15 is 0 Å². The Morgan fingerprint density at radius 3 is 1.63 bits per heavy atom. The Hall–Kier alpha value is -4.38. The Kier molecular flexibility index (Phi) is 21.0. The number of para-hydroxylation sites is 3. The van der Waals surface area contributed by atoms with Crippen LogP contribution >= 0.6 is 92.3 Å². The zero-order valence-corrected chi connectivity index (χ0v) is 42.0. The topological polar surface area (TPSA) is 198 Å². The molecule has 0 spiro atoms. The number of thioether (sulfide) groups is 2. The Balaban J connectivity index is 0.000000261. The van der Waals surface area contributed by atoms with Crippen LogP contribution in [0.4, 0.5) is 11.5 Å². The van der Waals surface area contributed by atoms with Gasteiger partial charge in [-0.15, -0.1) is 22.7 Å². The van der Waals surface area contributed by atoms with E-state index in [1.54, 1.807) is 47.8 Å². The quantitative estimate of drug-likeness (QED) is 0.123. The summed E-state index contributed by atoms with van der Waals surface area (Å²) < 4.78 is 29.0. The fraction of sp³-hybridized carbons (Fsp3) is 0.273. The number of benzene rings is 3. The summed E-state index contributed by atoms with van der Waals surface area (Å²) in [6, 6.07) is 16.3. The van der Waals surface area contributed by atoms with E-state index in [9.17, 15) is 22.8 Å². The first-order chi connectivity index (χ1) is 30.5. The summed E-state index contributed by atoms with van der Waals surface area (Å²) in [5.41, 5.74) is 10.4. The van der Waals surface area contributed by atoms with Crippen molar-refractivity contribution in [1.29, 1.82) is 0 Å². The van der Waals surface area contributed by atoms with Crippen LogP contribution in [0.25, 0.3) is 32.1 Å². The van der Waals surface area contributed by atoms with Crippen LogP contribution in [0, 0.1) is 20.8 Å². The van der Waals surface area contributed by atoms with Crippen LogP contribution in [0.3, 0.4) is 0 Å². The number of carbonyl (C=O) groups is 1. The number of hydrogen-bond donors (Lipinski definition) is 2. The van der Waals surface area contributed by atoms with Gasteiger partial charge in [0.25, 0.3) is 17.0 Å². The van der Waals surface area contributed by atoms with Crippen molar-refractivity contribution < 1.29 is 13.2 Å². The summed E-state index contributed by atoms with van der Waals surface area (Å²) in [5, 5.41) is 4.25. The highest BCUT2D eigenvalue weighted by Gasteiger charge is 2.22. The average Bonchev–Trinajstić information content (AvgIpc) is 3.99. The van der Waals surface area contributed by atoms with Crippen molar-refractivity contribution in [2.45, 2.75) is 76.8 Å². The predicted octanol–water partition coefficient (Wildman–Crippen LogP) is 12.5. The van der Waals surface area contributed by atoms with Gasteiger partial charge in [0, 0.05) is 0 Å². The number of carbonyl (C=O) groups excluding carboxylic acids is 1. The summed E-state index contributed by atoms with van der Waals surface area (Å²) in [4.78, 5) is 59.0. The lowest BCUT2D eigenvalue weighted by atomic mass is 10.2. The number of aromatic nitrogens is 7. The zero-order chi connectivity index (χ0) is 46.5. The number of nitrogens with two attached hydrogens (primary N) is 1. The SMILES string of the molecule is C.C.C.CCS(=O)(=O)c1nc2ncn(-c3c(C)cccc3Cl)c(=O)c2s1.CCSc1nc(N)c(C(=O)Nc2c(C)cccc2Cl)s1.CCSc1nc2ncn(-c3c(C)cccc3Cl)c(=O)c2s1. The highest BCUT2D eigenvalue weighted by molar-refractivity contribution is 8.01. The van der Waals surface area contributed by atoms with Gasteiger partial charge in [0.1, 0.15) is 32.7 Å². The molecule has 0 saturated carbocycles. The van der Waals surface area contributed by atoms with Crippen molar-refractivity contribution in [3.05, 3.63) is 125 Å². The summed E-state index contributed by atoms with van der Waals surface area (Å²) in [6.07, 6.45) is 2.82. The molecule has 5 aromatic heterocycles. The van der Waals surface area contributed by atoms with E-state index < -0.39 is 9.84 Å². The molecule has 0 radical (unpaired) electrons. The normalized spacial score (nSPS) is 10.8. The van der Waals surface area contributed by atoms with Crippen LogP contribution in [-0.2, 0) is 9.84 Å². The number of hydrogen-bond acceptors (Lipinski definition) is 16. The molecule has 3 N–H and O–H groups in total. The molecule has 8 rings (SSSR count). The van der Waals surface area contributed by atoms with Gasteiger partial charge in [0.15, 0.2) is 20.0 Å². The number of sulfone groups is 1. The minimum Gasteiger partial charge on any atom is -0.382 e. The number of nitrogen functional groups attached to an aromatic ring is 1. The van der Waals surface area contributed by atoms with E-state index in [-0.39, 0.29) is 65.6 Å². The van der Waals surface area contributed by atoms with Gasteiger partial charge in [-0.3, -0.25) is 23.5 Å². The van der Waals surface area contributed by atoms with Crippen LogP contribution in [0.1, 0.15) is 69.4 Å². The number of rotatable bonds is 10. The molecule has 5 heterocycles. The van der Waals surface area contributed by atoms with Crippen molar-refractivity contribution in [2.75, 3.05) is 28.3 Å². The highest BCUT2D eigenvalue weighted by atomic mass is 35.5. The molecule has 0 aliphatic heterocycles. The molecule has 23 heteroatoms. The second kappa shape index (κ2) is 24.8. The highest BCUT2D eigenvalue weighted by Crippen LogP contribution is 2.32. The van der Waals surface area contributed by atoms with E-state index in [0.29, 0.717) is 47.4 Å². The number of fused-ring (bicyclic) bond motifs is 2. The Morgan fingerprint density at radius 1 is 0.687 bits per heavy atom. The lowest BCUT2D eigenvalue weighted by Crippen LogP contribution is -2.19. The predicted molar refractivity (Wildman–Crippen MR) is 287 cm³/mol. The number of amides is 1. The molecule has 0 saturated heterocycles. The fourth-order valence-corrected chi connectivity index (χ4v) is 12.8. The van der Waals surface area contributed by atoms with Gasteiger partial charge in [-0.2, -0.15) is 0 Å². The Labute approximate surface area is 425 Å². The standard InChI is InChI=1S/C14H12ClN3O3S2.C14H12ClN3OS2.C13H14ClN3OS2.3CH4/c1-3-23(20,21)14-17-12-11(22-14)13(19)18(7-16-12)10-8(2)5-4-6-9(10)15;1-3-20-14-17-12-11(21-14)13(19)18(7-16-12)10-8(2)5-4-6-9(10)15;1-3-19-13-17-11(15)10(20-13)12(18)16-9-7(2)5-4-6-8(9)14;;;/h4-7H,3H2,1-2H3;4-7H,3H2,1-2H3;4-6H,3,15H2,1-2H3,(H,16,18);3*1H4. The number of nitrogens with zero attached hydrogens (tertiary/aromatic N) is 7. The molecule has 0 aliphatic rings. The molecule has 3 aromatic carbocycles. The molecule has 0 unspecified atom stereocenters. The van der Waals surface area contributed by atoms with E-state index in [1.165, 1.54) is 51.4 Å². The third kappa shape index (κ3) is 12.8. The summed E-state index contributed by atoms with van der Waals surface area (Å²) in [5.74, 6) is 1.70. The molecule has 14 nitrogen and oxygen atoms in total. The van der Waals surface area contributed by atoms with Gasteiger partial charge in [-0.1, -0.05) is 149 Å². The maximum Gasteiger partial charge on any atom is 0.277 e. The monoisotopic (exact) mass is 1080 g/mol. The van der Waals surface area contributed by atoms with Gasteiger partial charge in [-0.05, 0) is 67.2 Å². The van der Waals surface area contributed by atoms with Crippen LogP contribution in [-0.4, -0.2) is 65.6 Å². The van der Waals surface area contributed by atoms with Gasteiger partial charge in [0.2, 0.25) is 14.2 Å². The van der Waals surface area contributed by atoms with Crippen molar-refractivity contribution in [1.82, 2.24) is 34.1 Å². The first kappa shape index (κ1) is 56.9. The van der Waals surface area contributed by atoms with Crippen molar-refractivity contribution in [3.8, 4) is 11.4 Å². The number of aryl methyl sites for hydroxylation is 3. The van der Waals surface area contributed by atoms with Gasteiger partial charge in [-0.25, -0.2) is 33.3 Å². The maximum absolute atomic E-state index is 12.7. The molecule has 1 amide bonds. The molecule has 358 valence electrons. The second-order valence-corrected chi connectivity index (χ2v) is 23.0. The number of thiazole rings is 3. The zero-order valence-electron chi connectivity index (χ0n) is 34.8. The second-order valence-electron chi connectivity index (χ2n) is 13.3. The molecule has 0 aliphatic carbocycles. The molecule has 67 heavy (non-hydrogen) atoms. The van der Waals surface area contributed by atoms with Crippen molar-refractivity contribution in [2.24, 2.45) is 0 Å². The molecule has 0 atom stereocenters. The first-order valence-corrected chi connectivity index (χ1v) is 26.3. The lowest BCUT2D eigenvalue weighted by molar-refractivity contribution is 0.103. The maximum atomic E-state index is 12.7. The molecule has 8 aromatic rings. The Bertz CT molecular complexity index is 3200. The minimum absolute atomic E-state index is 0. The number of nitrogens with one attached hydrogen (secondary N) is 1. The van der Waals surface area contributed by atoms with Crippen LogP contribution < -0.4 is 22.2 Å². The third-order valence-corrected chi connectivity index (χ3v) is 17.2. The summed E-state index contributed by atoms with van der Waals surface area (Å²) in [6.45, 7) is 11.2. The van der Waals surface area contributed by atoms with Crippen molar-refractivity contribution >= 4 is 140 Å². The van der Waals surface area contributed by atoms with Gasteiger partial charge in [0.05, 0.1) is 37.9 Å². The third-order valence-electron chi connectivity index (χ3n) is 8.94. The molecular weight excluding hydrogens is 1030 g/mol. The molecule has 0 fully saturated rings. The van der Waals surface area contributed by atoms with E-state index in [2.05, 4.69) is 37.2 Å². The molecule has 0 bridgehead atoms. The van der Waals surface area contributed by atoms with Crippen LogP contribution in [0.15, 0.2) is 89.9 Å². The first-order valence-electron chi connectivity index (χ1n) is 19.1. The smallest absolute Gasteiger partial charge is 0.277 e. The summed E-state index contributed by atoms with van der Waals surface area (Å²) in [7, 11) is -3.48. The van der Waals surface area contributed by atoms with Crippen LogP contribution in [0.5, 0.6) is 0 Å². The van der Waals surface area contributed by atoms with E-state index in [0.717, 1.165) is 48.2 Å². The Morgan fingerprint density at radius 2 is 1.15 bits per heavy atom. The average molecular weight is 1080 g/mol. The summed E-state index contributed by atoms with van der Waals surface area (Å²) >= 11 is 25.2. The lowest BCUT2D eigenvalue weighted by Gasteiger charge is -2.10. The van der Waals surface area contributed by atoms with Crippen molar-refractivity contribution in [3.63, 3.8) is 0 Å².